The van der Waals surface area contributed by atoms with Gasteiger partial charge in [0, 0.05) is 5.92 Å². The third-order valence-corrected chi connectivity index (χ3v) is 3.45. The average Bonchev–Trinajstić information content (AvgIpc) is 2.04. The first-order chi connectivity index (χ1) is 6.16. The zero-order chi connectivity index (χ0) is 9.73. The fraction of sp³-hybridized carbons (Fsp3) is 1.00. The van der Waals surface area contributed by atoms with Crippen molar-refractivity contribution in [1.29, 1.82) is 0 Å². The van der Waals surface area contributed by atoms with Gasteiger partial charge in [0.15, 0.2) is 0 Å². The molecule has 0 aromatic heterocycles. The lowest BCUT2D eigenvalue weighted by Crippen LogP contribution is -2.51. The number of hydrogen-bond acceptors (Lipinski definition) is 0. The molecule has 1 heterocycles. The maximum atomic E-state index is 2.45. The highest BCUT2D eigenvalue weighted by Crippen LogP contribution is 2.21. The Morgan fingerprint density at radius 2 is 2.08 bits per heavy atom. The highest BCUT2D eigenvalue weighted by molar-refractivity contribution is 4.59. The number of nitrogens with zero attached hydrogens (tertiary/aromatic N) is 1. The molecular weight excluding hydrogens is 158 g/mol. The second kappa shape index (κ2) is 4.99. The van der Waals surface area contributed by atoms with E-state index in [1.807, 2.05) is 0 Å². The van der Waals surface area contributed by atoms with Crippen molar-refractivity contribution in [3.05, 3.63) is 0 Å². The number of hydrogen-bond donors (Lipinski definition) is 0. The van der Waals surface area contributed by atoms with E-state index in [2.05, 4.69) is 20.9 Å². The van der Waals surface area contributed by atoms with Crippen molar-refractivity contribution in [2.75, 3.05) is 26.7 Å². The summed E-state index contributed by atoms with van der Waals surface area (Å²) < 4.78 is 1.35. The molecule has 78 valence electrons. The van der Waals surface area contributed by atoms with E-state index in [9.17, 15) is 0 Å². The molecule has 0 aromatic rings. The normalized spacial score (nSPS) is 34.8. The maximum absolute atomic E-state index is 2.45. The van der Waals surface area contributed by atoms with Crippen LogP contribution in [0.3, 0.4) is 0 Å². The number of quaternary nitrogens is 1. The Morgan fingerprint density at radius 3 is 2.69 bits per heavy atom. The van der Waals surface area contributed by atoms with Crippen molar-refractivity contribution < 1.29 is 4.48 Å². The molecule has 1 rings (SSSR count). The van der Waals surface area contributed by atoms with E-state index in [1.54, 1.807) is 0 Å². The van der Waals surface area contributed by atoms with Crippen LogP contribution in [0.4, 0.5) is 0 Å². The molecule has 1 aliphatic rings. The summed E-state index contributed by atoms with van der Waals surface area (Å²) in [6.45, 7) is 8.96. The van der Waals surface area contributed by atoms with Crippen LogP contribution >= 0.6 is 0 Å². The first-order valence-electron chi connectivity index (χ1n) is 6.00. The Labute approximate surface area is 83.7 Å². The third-order valence-electron chi connectivity index (χ3n) is 3.45. The van der Waals surface area contributed by atoms with E-state index in [-0.39, 0.29) is 0 Å². The second-order valence-corrected chi connectivity index (χ2v) is 5.20. The summed E-state index contributed by atoms with van der Waals surface area (Å²) in [7, 11) is 2.45. The van der Waals surface area contributed by atoms with Gasteiger partial charge in [0.1, 0.15) is 0 Å². The summed E-state index contributed by atoms with van der Waals surface area (Å²) in [6, 6.07) is 0. The van der Waals surface area contributed by atoms with E-state index in [4.69, 9.17) is 0 Å². The molecule has 0 spiro atoms. The molecule has 0 amide bonds. The quantitative estimate of drug-likeness (QED) is 0.465. The molecule has 0 saturated carbocycles. The van der Waals surface area contributed by atoms with Crippen LogP contribution in [0, 0.1) is 5.92 Å². The summed E-state index contributed by atoms with van der Waals surface area (Å²) in [5.41, 5.74) is 0. The highest BCUT2D eigenvalue weighted by Gasteiger charge is 2.27. The van der Waals surface area contributed by atoms with Crippen molar-refractivity contribution in [2.24, 2.45) is 5.92 Å². The lowest BCUT2D eigenvalue weighted by atomic mass is 9.98. The van der Waals surface area contributed by atoms with E-state index < -0.39 is 0 Å². The molecule has 1 fully saturated rings. The van der Waals surface area contributed by atoms with E-state index >= 15 is 0 Å². The monoisotopic (exact) mass is 184 g/mol. The zero-order valence-electron chi connectivity index (χ0n) is 9.68. The van der Waals surface area contributed by atoms with Crippen LogP contribution in [0.1, 0.15) is 46.0 Å². The van der Waals surface area contributed by atoms with Crippen LogP contribution in [0.2, 0.25) is 0 Å². The Balaban J connectivity index is 2.27. The number of unbranched alkanes of at least 4 members (excludes halogenated alkanes) is 2. The SMILES string of the molecule is CCCCC[N+]1(C)CCCC(C)C1. The van der Waals surface area contributed by atoms with Crippen molar-refractivity contribution in [1.82, 2.24) is 0 Å². The molecule has 2 atom stereocenters. The summed E-state index contributed by atoms with van der Waals surface area (Å²) in [5.74, 6) is 0.959. The van der Waals surface area contributed by atoms with Gasteiger partial charge in [0.2, 0.25) is 0 Å². The van der Waals surface area contributed by atoms with Crippen molar-refractivity contribution >= 4 is 0 Å². The molecule has 13 heavy (non-hydrogen) atoms. The van der Waals surface area contributed by atoms with Gasteiger partial charge in [-0.25, -0.2) is 0 Å². The number of piperidine rings is 1. The Morgan fingerprint density at radius 1 is 1.31 bits per heavy atom. The molecule has 1 heteroatoms. The Hall–Kier alpha value is -0.0400. The van der Waals surface area contributed by atoms with Gasteiger partial charge in [-0.1, -0.05) is 20.3 Å². The third kappa shape index (κ3) is 3.68. The van der Waals surface area contributed by atoms with Gasteiger partial charge >= 0.3 is 0 Å². The van der Waals surface area contributed by atoms with Crippen LogP contribution in [0.5, 0.6) is 0 Å². The van der Waals surface area contributed by atoms with Crippen LogP contribution in [-0.4, -0.2) is 31.2 Å². The minimum atomic E-state index is 0.959. The summed E-state index contributed by atoms with van der Waals surface area (Å²) in [6.07, 6.45) is 7.11. The highest BCUT2D eigenvalue weighted by atomic mass is 15.3. The lowest BCUT2D eigenvalue weighted by Gasteiger charge is -2.40. The van der Waals surface area contributed by atoms with E-state index in [1.165, 1.54) is 56.2 Å². The van der Waals surface area contributed by atoms with E-state index in [0.717, 1.165) is 5.92 Å². The molecule has 0 radical (unpaired) electrons. The molecule has 2 unspecified atom stereocenters. The predicted molar refractivity (Wildman–Crippen MR) is 58.7 cm³/mol. The summed E-state index contributed by atoms with van der Waals surface area (Å²) >= 11 is 0. The molecular formula is C12H26N+. The molecule has 0 N–H and O–H groups in total. The average molecular weight is 184 g/mol. The smallest absolute Gasteiger partial charge is 0.0810 e. The van der Waals surface area contributed by atoms with Crippen LogP contribution in [0.25, 0.3) is 0 Å². The van der Waals surface area contributed by atoms with Crippen LogP contribution in [-0.2, 0) is 0 Å². The lowest BCUT2D eigenvalue weighted by molar-refractivity contribution is -0.917. The summed E-state index contributed by atoms with van der Waals surface area (Å²) in [5, 5.41) is 0. The Kier molecular flexibility index (Phi) is 4.24. The van der Waals surface area contributed by atoms with Gasteiger partial charge < -0.3 is 4.48 Å². The van der Waals surface area contributed by atoms with Crippen LogP contribution in [0.15, 0.2) is 0 Å². The molecule has 0 aliphatic carbocycles. The minimum absolute atomic E-state index is 0.959. The summed E-state index contributed by atoms with van der Waals surface area (Å²) in [4.78, 5) is 0. The number of rotatable bonds is 4. The second-order valence-electron chi connectivity index (χ2n) is 5.20. The topological polar surface area (TPSA) is 0 Å². The fourth-order valence-corrected chi connectivity index (χ4v) is 2.70. The minimum Gasteiger partial charge on any atom is -0.326 e. The molecule has 1 nitrogen and oxygen atoms in total. The first-order valence-corrected chi connectivity index (χ1v) is 6.00. The predicted octanol–water partition coefficient (Wildman–Crippen LogP) is 3.05. The van der Waals surface area contributed by atoms with Crippen LogP contribution < -0.4 is 0 Å². The number of likely N-dealkylation sites (tertiary alicyclic amines) is 1. The zero-order valence-corrected chi connectivity index (χ0v) is 9.68. The fourth-order valence-electron chi connectivity index (χ4n) is 2.70. The molecule has 0 bridgehead atoms. The van der Waals surface area contributed by atoms with Crippen molar-refractivity contribution in [3.63, 3.8) is 0 Å². The molecule has 1 saturated heterocycles. The maximum Gasteiger partial charge on any atom is 0.0810 e. The largest absolute Gasteiger partial charge is 0.326 e. The Bertz CT molecular complexity index is 144. The van der Waals surface area contributed by atoms with E-state index in [0.29, 0.717) is 0 Å². The standard InChI is InChI=1S/C12H26N/c1-4-5-6-9-13(3)10-7-8-12(2)11-13/h12H,4-11H2,1-3H3/q+1. The first kappa shape index (κ1) is 11.0. The van der Waals surface area contributed by atoms with Gasteiger partial charge in [0.25, 0.3) is 0 Å². The van der Waals surface area contributed by atoms with Crippen molar-refractivity contribution in [2.45, 2.75) is 46.0 Å². The van der Waals surface area contributed by atoms with Gasteiger partial charge in [-0.05, 0) is 25.7 Å². The van der Waals surface area contributed by atoms with Gasteiger partial charge in [-0.2, -0.15) is 0 Å². The van der Waals surface area contributed by atoms with Gasteiger partial charge in [-0.3, -0.25) is 0 Å². The van der Waals surface area contributed by atoms with Gasteiger partial charge in [0.05, 0.1) is 26.7 Å². The molecule has 0 aromatic carbocycles. The molecule has 1 aliphatic heterocycles. The van der Waals surface area contributed by atoms with Crippen molar-refractivity contribution in [3.8, 4) is 0 Å². The van der Waals surface area contributed by atoms with Gasteiger partial charge in [-0.15, -0.1) is 0 Å².